The number of aliphatic hydroxyl groups is 1. The molecule has 3 saturated heterocycles. The highest BCUT2D eigenvalue weighted by Crippen LogP contribution is 2.72. The molecule has 2 unspecified atom stereocenters. The molecule has 3 amide bonds. The van der Waals surface area contributed by atoms with Crippen molar-refractivity contribution in [2.75, 3.05) is 24.6 Å². The third-order valence-corrected chi connectivity index (χ3v) is 12.0. The molecule has 1 aromatic carbocycles. The summed E-state index contributed by atoms with van der Waals surface area (Å²) in [6, 6.07) is 8.22. The first-order valence-corrected chi connectivity index (χ1v) is 17.3. The van der Waals surface area contributed by atoms with Gasteiger partial charge in [-0.3, -0.25) is 14.4 Å². The van der Waals surface area contributed by atoms with Crippen molar-refractivity contribution in [2.24, 2.45) is 23.2 Å². The number of hydrogen-bond acceptors (Lipinski definition) is 5. The zero-order chi connectivity index (χ0) is 33.5. The summed E-state index contributed by atoms with van der Waals surface area (Å²) in [7, 11) is 0. The zero-order valence-electron chi connectivity index (χ0n) is 28.7. The van der Waals surface area contributed by atoms with Crippen LogP contribution in [0, 0.1) is 23.2 Å². The Balaban J connectivity index is 1.87. The number of anilines is 1. The quantitative estimate of drug-likeness (QED) is 0.256. The zero-order valence-corrected chi connectivity index (χ0v) is 29.5. The highest BCUT2D eigenvalue weighted by Gasteiger charge is 2.78. The van der Waals surface area contributed by atoms with Gasteiger partial charge in [0.05, 0.1) is 29.2 Å². The van der Waals surface area contributed by atoms with Crippen LogP contribution in [-0.2, 0) is 14.4 Å². The van der Waals surface area contributed by atoms with Gasteiger partial charge in [0.15, 0.2) is 0 Å². The number of thioether (sulfide) groups is 1. The molecule has 6 atom stereocenters. The van der Waals surface area contributed by atoms with Crippen molar-refractivity contribution in [3.05, 3.63) is 55.6 Å². The van der Waals surface area contributed by atoms with Crippen LogP contribution in [0.1, 0.15) is 81.1 Å². The molecule has 0 aromatic heterocycles. The van der Waals surface area contributed by atoms with Gasteiger partial charge in [-0.05, 0) is 69.9 Å². The van der Waals surface area contributed by atoms with Crippen molar-refractivity contribution >= 4 is 35.2 Å². The molecule has 1 aromatic rings. The molecule has 3 heterocycles. The van der Waals surface area contributed by atoms with Gasteiger partial charge < -0.3 is 19.8 Å². The first-order chi connectivity index (χ1) is 21.0. The first kappa shape index (κ1) is 35.3. The lowest BCUT2D eigenvalue weighted by Gasteiger charge is -2.46. The third kappa shape index (κ3) is 6.38. The second-order valence-corrected chi connectivity index (χ2v) is 17.7. The molecule has 0 aliphatic carbocycles. The smallest absolute Gasteiger partial charge is 0.247 e. The highest BCUT2D eigenvalue weighted by molar-refractivity contribution is 8.02. The van der Waals surface area contributed by atoms with E-state index in [1.54, 1.807) is 33.7 Å². The van der Waals surface area contributed by atoms with E-state index in [-0.39, 0.29) is 35.7 Å². The second-order valence-electron chi connectivity index (χ2n) is 15.8. The van der Waals surface area contributed by atoms with Gasteiger partial charge in [-0.2, -0.15) is 0 Å². The molecule has 3 aliphatic rings. The van der Waals surface area contributed by atoms with Crippen LogP contribution >= 0.6 is 11.8 Å². The summed E-state index contributed by atoms with van der Waals surface area (Å²) >= 11 is 1.68. The molecule has 1 N–H and O–H groups in total. The number of likely N-dealkylation sites (tertiary alicyclic amines) is 1. The molecule has 3 aliphatic heterocycles. The summed E-state index contributed by atoms with van der Waals surface area (Å²) in [6.45, 7) is 25.3. The molecule has 7 nitrogen and oxygen atoms in total. The number of carbonyl (C=O) groups is 3. The average molecular weight is 638 g/mol. The van der Waals surface area contributed by atoms with Gasteiger partial charge in [0.25, 0.3) is 0 Å². The molecular weight excluding hydrogens is 582 g/mol. The maximum absolute atomic E-state index is 15.2. The van der Waals surface area contributed by atoms with Crippen LogP contribution in [0.5, 0.6) is 0 Å². The molecule has 3 fully saturated rings. The standard InChI is InChI=1S/C37H55N3O4S/c1-11-20-38(26-16-14-13-15-17-26)31(42)28-29-32(43)40(27(23-41)22-25(3)4)30(37(29)19-18-36(28,10)45-37)33(44)39(21-12-2)35(8,9)24-34(5,6)7/h11-17,25,27-30,41H,1-2,18-24H2,3-10H3/t27-,28-,29+,30?,36+,37?/m1/s1. The molecule has 0 saturated carbocycles. The van der Waals surface area contributed by atoms with E-state index in [4.69, 9.17) is 0 Å². The van der Waals surface area contributed by atoms with Crippen molar-refractivity contribution in [2.45, 2.75) is 108 Å². The summed E-state index contributed by atoms with van der Waals surface area (Å²) in [5.74, 6) is -1.48. The van der Waals surface area contributed by atoms with Crippen molar-refractivity contribution in [1.29, 1.82) is 0 Å². The lowest BCUT2D eigenvalue weighted by atomic mass is 9.66. The van der Waals surface area contributed by atoms with Crippen LogP contribution < -0.4 is 4.90 Å². The predicted molar refractivity (Wildman–Crippen MR) is 185 cm³/mol. The topological polar surface area (TPSA) is 81.2 Å². The summed E-state index contributed by atoms with van der Waals surface area (Å²) in [5.41, 5.74) is 0.198. The monoisotopic (exact) mass is 637 g/mol. The Hall–Kier alpha value is -2.58. The van der Waals surface area contributed by atoms with Crippen molar-refractivity contribution < 1.29 is 19.5 Å². The largest absolute Gasteiger partial charge is 0.394 e. The van der Waals surface area contributed by atoms with Crippen LogP contribution in [0.2, 0.25) is 0 Å². The summed E-state index contributed by atoms with van der Waals surface area (Å²) in [6.07, 6.45) is 6.19. The van der Waals surface area contributed by atoms with Crippen LogP contribution in [0.3, 0.4) is 0 Å². The summed E-state index contributed by atoms with van der Waals surface area (Å²) < 4.78 is -1.28. The van der Waals surface area contributed by atoms with Crippen molar-refractivity contribution in [3.8, 4) is 0 Å². The number of hydrogen-bond donors (Lipinski definition) is 1. The number of aliphatic hydroxyl groups excluding tert-OH is 1. The van der Waals surface area contributed by atoms with E-state index in [0.717, 1.165) is 18.5 Å². The fourth-order valence-electron chi connectivity index (χ4n) is 8.77. The van der Waals surface area contributed by atoms with Gasteiger partial charge in [-0.15, -0.1) is 24.9 Å². The first-order valence-electron chi connectivity index (χ1n) is 16.5. The lowest BCUT2D eigenvalue weighted by Crippen LogP contribution is -2.61. The fraction of sp³-hybridized carbons (Fsp3) is 0.649. The van der Waals surface area contributed by atoms with E-state index < -0.39 is 39.0 Å². The van der Waals surface area contributed by atoms with E-state index in [2.05, 4.69) is 68.5 Å². The van der Waals surface area contributed by atoms with Gasteiger partial charge in [0, 0.05) is 29.1 Å². The van der Waals surface area contributed by atoms with E-state index in [0.29, 0.717) is 25.9 Å². The Bertz CT molecular complexity index is 1290. The normalized spacial score (nSPS) is 28.3. The maximum Gasteiger partial charge on any atom is 0.247 e. The summed E-state index contributed by atoms with van der Waals surface area (Å²) in [5, 5.41) is 10.7. The van der Waals surface area contributed by atoms with Crippen LogP contribution in [0.25, 0.3) is 0 Å². The molecule has 45 heavy (non-hydrogen) atoms. The van der Waals surface area contributed by atoms with Gasteiger partial charge in [0.1, 0.15) is 6.04 Å². The summed E-state index contributed by atoms with van der Waals surface area (Å²) in [4.78, 5) is 50.2. The maximum atomic E-state index is 15.2. The Morgan fingerprint density at radius 2 is 1.69 bits per heavy atom. The van der Waals surface area contributed by atoms with Crippen molar-refractivity contribution in [1.82, 2.24) is 9.80 Å². The number of nitrogens with zero attached hydrogens (tertiary/aromatic N) is 3. The van der Waals surface area contributed by atoms with Gasteiger partial charge in [0.2, 0.25) is 17.7 Å². The predicted octanol–water partition coefficient (Wildman–Crippen LogP) is 6.32. The van der Waals surface area contributed by atoms with E-state index >= 15 is 4.79 Å². The van der Waals surface area contributed by atoms with E-state index in [9.17, 15) is 14.7 Å². The minimum Gasteiger partial charge on any atom is -0.394 e. The van der Waals surface area contributed by atoms with Gasteiger partial charge in [-0.1, -0.05) is 65.0 Å². The third-order valence-electron chi connectivity index (χ3n) is 9.98. The Kier molecular flexibility index (Phi) is 10.1. The van der Waals surface area contributed by atoms with Crippen LogP contribution in [-0.4, -0.2) is 79.4 Å². The minimum absolute atomic E-state index is 0.0436. The molecule has 0 radical (unpaired) electrons. The van der Waals surface area contributed by atoms with Crippen LogP contribution in [0.4, 0.5) is 5.69 Å². The number of amides is 3. The number of para-hydroxylation sites is 1. The Morgan fingerprint density at radius 3 is 2.22 bits per heavy atom. The Labute approximate surface area is 275 Å². The number of benzene rings is 1. The SMILES string of the molecule is C=CCN(C(=O)[C@H]1[C@H]2C(=O)N([C@@H](CO)CC(C)C)C(C(=O)N(CC=C)C(C)(C)CC(C)(C)C)C23CC[C@]1(C)S3)c1ccccc1. The van der Waals surface area contributed by atoms with Gasteiger partial charge in [-0.25, -0.2) is 0 Å². The van der Waals surface area contributed by atoms with Gasteiger partial charge >= 0.3 is 0 Å². The Morgan fingerprint density at radius 1 is 1.07 bits per heavy atom. The molecule has 248 valence electrons. The van der Waals surface area contributed by atoms with E-state index in [1.807, 2.05) is 35.2 Å². The number of carbonyl (C=O) groups excluding carboxylic acids is 3. The van der Waals surface area contributed by atoms with Crippen molar-refractivity contribution in [3.63, 3.8) is 0 Å². The molecule has 8 heteroatoms. The van der Waals surface area contributed by atoms with E-state index in [1.165, 1.54) is 0 Å². The molecule has 1 spiro atoms. The number of fused-ring (bicyclic) bond motifs is 1. The lowest BCUT2D eigenvalue weighted by molar-refractivity contribution is -0.149. The molecule has 2 bridgehead atoms. The fourth-order valence-corrected chi connectivity index (χ4v) is 11.1. The molecular formula is C37H55N3O4S. The second kappa shape index (κ2) is 12.9. The van der Waals surface area contributed by atoms with Crippen LogP contribution in [0.15, 0.2) is 55.6 Å². The molecule has 4 rings (SSSR count). The minimum atomic E-state index is -0.792. The average Bonchev–Trinajstić information content (AvgIpc) is 3.52. The number of rotatable bonds is 13. The highest BCUT2D eigenvalue weighted by atomic mass is 32.2.